The van der Waals surface area contributed by atoms with E-state index in [9.17, 15) is 13.6 Å². The van der Waals surface area contributed by atoms with Crippen molar-refractivity contribution in [2.75, 3.05) is 13.1 Å². The molecule has 2 atom stereocenters. The minimum absolute atomic E-state index is 0. The number of nitrogens with zero attached hydrogens (tertiary/aromatic N) is 2. The van der Waals surface area contributed by atoms with Gasteiger partial charge in [0.1, 0.15) is 5.75 Å². The first-order valence-corrected chi connectivity index (χ1v) is 8.75. The summed E-state index contributed by atoms with van der Waals surface area (Å²) in [5.74, 6) is -0.0188. The molecule has 27 heavy (non-hydrogen) atoms. The molecule has 4 rings (SSSR count). The number of nitrogens with one attached hydrogen (secondary N) is 2. The van der Waals surface area contributed by atoms with Gasteiger partial charge in [0.25, 0.3) is 5.91 Å². The quantitative estimate of drug-likeness (QED) is 0.830. The molecule has 2 bridgehead atoms. The molecule has 2 fully saturated rings. The number of amides is 1. The van der Waals surface area contributed by atoms with Gasteiger partial charge in [-0.2, -0.15) is 13.9 Å². The first-order valence-electron chi connectivity index (χ1n) is 8.75. The third-order valence-corrected chi connectivity index (χ3v) is 5.11. The largest absolute Gasteiger partial charge is 0.435 e. The zero-order valence-electron chi connectivity index (χ0n) is 14.5. The maximum atomic E-state index is 13.2. The summed E-state index contributed by atoms with van der Waals surface area (Å²) < 4.78 is 29.4. The van der Waals surface area contributed by atoms with Crippen molar-refractivity contribution in [2.24, 2.45) is 0 Å². The van der Waals surface area contributed by atoms with Gasteiger partial charge in [0.15, 0.2) is 0 Å². The van der Waals surface area contributed by atoms with E-state index in [2.05, 4.69) is 20.3 Å². The summed E-state index contributed by atoms with van der Waals surface area (Å²) in [7, 11) is 0. The van der Waals surface area contributed by atoms with Crippen LogP contribution in [0.3, 0.4) is 0 Å². The smallest absolute Gasteiger partial charge is 0.387 e. The average Bonchev–Trinajstić information content (AvgIpc) is 3.17. The average molecular weight is 399 g/mol. The predicted molar refractivity (Wildman–Crippen MR) is 98.4 cm³/mol. The van der Waals surface area contributed by atoms with Gasteiger partial charge in [-0.25, -0.2) is 0 Å². The van der Waals surface area contributed by atoms with E-state index in [0.29, 0.717) is 16.8 Å². The van der Waals surface area contributed by atoms with Crippen LogP contribution in [0.1, 0.15) is 29.6 Å². The van der Waals surface area contributed by atoms with E-state index in [0.717, 1.165) is 32.4 Å². The summed E-state index contributed by atoms with van der Waals surface area (Å²) in [6.07, 6.45) is 4.46. The molecule has 2 N–H and O–H groups in total. The van der Waals surface area contributed by atoms with Crippen LogP contribution < -0.4 is 10.1 Å². The van der Waals surface area contributed by atoms with Crippen LogP contribution in [-0.2, 0) is 0 Å². The van der Waals surface area contributed by atoms with Crippen LogP contribution in [0.5, 0.6) is 5.75 Å². The number of hydrogen-bond donors (Lipinski definition) is 2. The molecular formula is C18H21ClF2N4O2. The van der Waals surface area contributed by atoms with E-state index >= 15 is 0 Å². The van der Waals surface area contributed by atoms with Gasteiger partial charge < -0.3 is 15.0 Å². The molecule has 6 nitrogen and oxygen atoms in total. The molecule has 146 valence electrons. The summed E-state index contributed by atoms with van der Waals surface area (Å²) in [6.45, 7) is -1.18. The van der Waals surface area contributed by atoms with Gasteiger partial charge >= 0.3 is 6.61 Å². The Labute approximate surface area is 161 Å². The van der Waals surface area contributed by atoms with Gasteiger partial charge in [0.05, 0.1) is 17.5 Å². The summed E-state index contributed by atoms with van der Waals surface area (Å²) in [5.41, 5.74) is 1.56. The van der Waals surface area contributed by atoms with Gasteiger partial charge in [0.2, 0.25) is 0 Å². The van der Waals surface area contributed by atoms with Crippen LogP contribution in [0, 0.1) is 0 Å². The summed E-state index contributed by atoms with van der Waals surface area (Å²) in [4.78, 5) is 15.2. The van der Waals surface area contributed by atoms with E-state index in [4.69, 9.17) is 0 Å². The molecule has 1 amide bonds. The monoisotopic (exact) mass is 398 g/mol. The van der Waals surface area contributed by atoms with Crippen molar-refractivity contribution in [3.05, 3.63) is 36.0 Å². The minimum Gasteiger partial charge on any atom is -0.435 e. The van der Waals surface area contributed by atoms with Crippen molar-refractivity contribution in [3.8, 4) is 17.0 Å². The van der Waals surface area contributed by atoms with Gasteiger partial charge in [-0.1, -0.05) is 12.1 Å². The molecule has 2 aliphatic heterocycles. The van der Waals surface area contributed by atoms with Crippen LogP contribution in [0.2, 0.25) is 0 Å². The highest BCUT2D eigenvalue weighted by molar-refractivity contribution is 6.00. The van der Waals surface area contributed by atoms with Crippen LogP contribution in [0.15, 0.2) is 30.5 Å². The first-order chi connectivity index (χ1) is 12.6. The summed E-state index contributed by atoms with van der Waals surface area (Å²) >= 11 is 0. The van der Waals surface area contributed by atoms with Gasteiger partial charge in [-0.15, -0.1) is 12.4 Å². The number of alkyl halides is 2. The second-order valence-electron chi connectivity index (χ2n) is 6.66. The van der Waals surface area contributed by atoms with Crippen molar-refractivity contribution in [2.45, 2.75) is 38.0 Å². The maximum Gasteiger partial charge on any atom is 0.387 e. The Morgan fingerprint density at radius 2 is 2.07 bits per heavy atom. The Morgan fingerprint density at radius 1 is 1.26 bits per heavy atom. The van der Waals surface area contributed by atoms with Gasteiger partial charge in [-0.05, 0) is 37.9 Å². The normalized spacial score (nSPS) is 21.7. The second kappa shape index (κ2) is 8.22. The van der Waals surface area contributed by atoms with E-state index in [-0.39, 0.29) is 36.1 Å². The molecule has 2 aromatic rings. The van der Waals surface area contributed by atoms with Crippen LogP contribution in [-0.4, -0.2) is 52.8 Å². The molecule has 1 aromatic heterocycles. The fourth-order valence-corrected chi connectivity index (χ4v) is 3.95. The number of halogens is 3. The Hall–Kier alpha value is -2.19. The van der Waals surface area contributed by atoms with Crippen LogP contribution in [0.25, 0.3) is 11.3 Å². The molecule has 2 unspecified atom stereocenters. The lowest BCUT2D eigenvalue weighted by atomic mass is 10.1. The molecule has 1 aromatic carbocycles. The number of hydrogen-bond acceptors (Lipinski definition) is 4. The van der Waals surface area contributed by atoms with E-state index in [1.807, 2.05) is 4.90 Å². The maximum absolute atomic E-state index is 13.2. The molecular weight excluding hydrogens is 378 g/mol. The molecule has 0 aliphatic carbocycles. The standard InChI is InChI=1S/C18H20F2N4O2.ClH/c19-18(20)26-14-3-1-2-11(8-14)16-15(10-22-23-16)17(25)24-12-4-5-13(24)9-21-7-6-12;/h1-3,8,10,12-13,18,21H,4-7,9H2,(H,22,23);1H. The molecule has 2 saturated heterocycles. The first kappa shape index (κ1) is 19.6. The number of aromatic nitrogens is 2. The number of benzene rings is 1. The Morgan fingerprint density at radius 3 is 2.89 bits per heavy atom. The lowest BCUT2D eigenvalue weighted by molar-refractivity contribution is -0.0498. The number of carbonyl (C=O) groups excluding carboxylic acids is 1. The molecule has 2 aliphatic rings. The zero-order chi connectivity index (χ0) is 18.1. The molecule has 0 radical (unpaired) electrons. The zero-order valence-corrected chi connectivity index (χ0v) is 15.3. The molecule has 9 heteroatoms. The van der Waals surface area contributed by atoms with Crippen molar-refractivity contribution in [1.82, 2.24) is 20.4 Å². The number of carbonyl (C=O) groups is 1. The van der Waals surface area contributed by atoms with Crippen LogP contribution in [0.4, 0.5) is 8.78 Å². The molecule has 3 heterocycles. The van der Waals surface area contributed by atoms with E-state index in [1.165, 1.54) is 18.3 Å². The lowest BCUT2D eigenvalue weighted by Gasteiger charge is -2.27. The number of H-pyrrole nitrogens is 1. The van der Waals surface area contributed by atoms with Crippen molar-refractivity contribution >= 4 is 18.3 Å². The summed E-state index contributed by atoms with van der Waals surface area (Å²) in [5, 5.41) is 10.2. The third-order valence-electron chi connectivity index (χ3n) is 5.11. The fourth-order valence-electron chi connectivity index (χ4n) is 3.95. The Balaban J connectivity index is 0.00000210. The highest BCUT2D eigenvalue weighted by Gasteiger charge is 2.39. The number of ether oxygens (including phenoxy) is 1. The fraction of sp³-hybridized carbons (Fsp3) is 0.444. The lowest BCUT2D eigenvalue weighted by Crippen LogP contribution is -2.42. The Bertz CT molecular complexity index is 787. The SMILES string of the molecule is Cl.O=C(c1cn[nH]c1-c1cccc(OC(F)F)c1)N1C2CCNCC1CC2. The second-order valence-corrected chi connectivity index (χ2v) is 6.66. The third kappa shape index (κ3) is 3.91. The number of fused-ring (bicyclic) bond motifs is 2. The van der Waals surface area contributed by atoms with Crippen LogP contribution >= 0.6 is 12.4 Å². The van der Waals surface area contributed by atoms with E-state index in [1.54, 1.807) is 12.1 Å². The topological polar surface area (TPSA) is 70.2 Å². The van der Waals surface area contributed by atoms with E-state index < -0.39 is 6.61 Å². The summed E-state index contributed by atoms with van der Waals surface area (Å²) in [6, 6.07) is 6.71. The highest BCUT2D eigenvalue weighted by Crippen LogP contribution is 2.32. The number of rotatable bonds is 4. The van der Waals surface area contributed by atoms with Gasteiger partial charge in [0, 0.05) is 24.2 Å². The number of aromatic amines is 1. The minimum atomic E-state index is -2.90. The Kier molecular flexibility index (Phi) is 5.96. The van der Waals surface area contributed by atoms with Crippen molar-refractivity contribution < 1.29 is 18.3 Å². The van der Waals surface area contributed by atoms with Gasteiger partial charge in [-0.3, -0.25) is 9.89 Å². The molecule has 0 spiro atoms. The highest BCUT2D eigenvalue weighted by atomic mass is 35.5. The molecule has 0 saturated carbocycles. The van der Waals surface area contributed by atoms with Crippen molar-refractivity contribution in [3.63, 3.8) is 0 Å². The van der Waals surface area contributed by atoms with Crippen molar-refractivity contribution in [1.29, 1.82) is 0 Å². The predicted octanol–water partition coefficient (Wildman–Crippen LogP) is 3.07.